The van der Waals surface area contributed by atoms with E-state index in [9.17, 15) is 9.59 Å². The Morgan fingerprint density at radius 2 is 1.58 bits per heavy atom. The van der Waals surface area contributed by atoms with Crippen molar-refractivity contribution < 1.29 is 19.1 Å². The summed E-state index contributed by atoms with van der Waals surface area (Å²) in [7, 11) is 1.63. The van der Waals surface area contributed by atoms with Gasteiger partial charge in [0.15, 0.2) is 0 Å². The largest absolute Gasteiger partial charge is 0.497 e. The number of ether oxygens (including phenoxy) is 2. The molecule has 0 spiro atoms. The molecule has 184 valence electrons. The summed E-state index contributed by atoms with van der Waals surface area (Å²) in [6.45, 7) is 9.54. The quantitative estimate of drug-likeness (QED) is 0.311. The van der Waals surface area contributed by atoms with Crippen LogP contribution in [-0.4, -0.2) is 30.1 Å². The Labute approximate surface area is 211 Å². The van der Waals surface area contributed by atoms with Gasteiger partial charge in [-0.05, 0) is 100 Å². The highest BCUT2D eigenvalue weighted by atomic mass is 16.5. The third-order valence-corrected chi connectivity index (χ3v) is 5.98. The lowest BCUT2D eigenvalue weighted by molar-refractivity contribution is 0.0378. The number of hydrogen-bond donors (Lipinski definition) is 1. The molecule has 0 saturated heterocycles. The Morgan fingerprint density at radius 1 is 0.917 bits per heavy atom. The minimum atomic E-state index is -0.395. The van der Waals surface area contributed by atoms with Crippen molar-refractivity contribution in [3.05, 3.63) is 88.5 Å². The molecule has 0 aliphatic carbocycles. The number of aromatic nitrogens is 1. The highest BCUT2D eigenvalue weighted by Crippen LogP contribution is 2.33. The summed E-state index contributed by atoms with van der Waals surface area (Å²) in [4.78, 5) is 30.8. The second kappa shape index (κ2) is 10.2. The normalized spacial score (nSPS) is 11.0. The van der Waals surface area contributed by atoms with Crippen LogP contribution in [0.4, 0.5) is 5.69 Å². The van der Waals surface area contributed by atoms with Crippen LogP contribution in [0.1, 0.15) is 51.3 Å². The van der Waals surface area contributed by atoms with E-state index in [4.69, 9.17) is 14.5 Å². The number of esters is 1. The molecular weight excluding hydrogens is 452 g/mol. The average Bonchev–Trinajstić information content (AvgIpc) is 2.83. The molecule has 4 aromatic rings. The molecule has 1 heterocycles. The molecule has 0 radical (unpaired) electrons. The summed E-state index contributed by atoms with van der Waals surface area (Å²) < 4.78 is 10.5. The van der Waals surface area contributed by atoms with Gasteiger partial charge in [-0.1, -0.05) is 11.6 Å². The predicted octanol–water partition coefficient (Wildman–Crippen LogP) is 6.65. The smallest absolute Gasteiger partial charge is 0.338 e. The minimum absolute atomic E-state index is 0.202. The van der Waals surface area contributed by atoms with Crippen LogP contribution >= 0.6 is 0 Å². The maximum Gasteiger partial charge on any atom is 0.338 e. The number of nitrogens with one attached hydrogen (secondary N) is 1. The number of carbonyl (C=O) groups excluding carboxylic acids is 2. The lowest BCUT2D eigenvalue weighted by atomic mass is 9.94. The zero-order valence-corrected chi connectivity index (χ0v) is 21.4. The summed E-state index contributed by atoms with van der Waals surface area (Å²) >= 11 is 0. The Bertz CT molecular complexity index is 1440. The first kappa shape index (κ1) is 24.9. The summed E-state index contributed by atoms with van der Waals surface area (Å²) in [6, 6.07) is 18.4. The van der Waals surface area contributed by atoms with Crippen LogP contribution in [0, 0.1) is 20.8 Å². The van der Waals surface area contributed by atoms with Gasteiger partial charge in [0, 0.05) is 16.6 Å². The molecule has 1 N–H and O–H groups in total. The van der Waals surface area contributed by atoms with Crippen molar-refractivity contribution in [3.63, 3.8) is 0 Å². The highest BCUT2D eigenvalue weighted by Gasteiger charge is 2.21. The molecule has 1 amide bonds. The molecule has 6 heteroatoms. The van der Waals surface area contributed by atoms with Crippen molar-refractivity contribution in [2.75, 3.05) is 12.4 Å². The topological polar surface area (TPSA) is 77.5 Å². The molecule has 4 rings (SSSR count). The highest BCUT2D eigenvalue weighted by molar-refractivity contribution is 6.15. The van der Waals surface area contributed by atoms with Crippen molar-refractivity contribution in [1.29, 1.82) is 0 Å². The first-order chi connectivity index (χ1) is 17.2. The van der Waals surface area contributed by atoms with Crippen molar-refractivity contribution in [2.24, 2.45) is 0 Å². The molecule has 0 fully saturated rings. The first-order valence-electron chi connectivity index (χ1n) is 11.9. The van der Waals surface area contributed by atoms with Gasteiger partial charge >= 0.3 is 5.97 Å². The molecule has 0 saturated carbocycles. The predicted molar refractivity (Wildman–Crippen MR) is 143 cm³/mol. The van der Waals surface area contributed by atoms with Crippen LogP contribution in [-0.2, 0) is 4.74 Å². The van der Waals surface area contributed by atoms with Gasteiger partial charge in [0.25, 0.3) is 5.91 Å². The third-order valence-electron chi connectivity index (χ3n) is 5.98. The second-order valence-electron chi connectivity index (χ2n) is 9.15. The Kier molecular flexibility index (Phi) is 7.06. The zero-order valence-electron chi connectivity index (χ0n) is 21.4. The SMILES string of the molecule is COc1ccc(-c2nc3c(C)cc(C)cc3c(C(=O)Nc3ccc(C(=O)OC(C)C)cc3)c2C)cc1. The maximum atomic E-state index is 13.7. The van der Waals surface area contributed by atoms with E-state index in [1.54, 1.807) is 45.2 Å². The minimum Gasteiger partial charge on any atom is -0.497 e. The van der Waals surface area contributed by atoms with E-state index in [1.807, 2.05) is 51.1 Å². The molecule has 36 heavy (non-hydrogen) atoms. The van der Waals surface area contributed by atoms with Gasteiger partial charge in [-0.2, -0.15) is 0 Å². The van der Waals surface area contributed by atoms with Gasteiger partial charge in [0.1, 0.15) is 5.75 Å². The molecule has 6 nitrogen and oxygen atoms in total. The molecule has 1 aromatic heterocycles. The van der Waals surface area contributed by atoms with Crippen LogP contribution < -0.4 is 10.1 Å². The van der Waals surface area contributed by atoms with Gasteiger partial charge in [-0.25, -0.2) is 9.78 Å². The fourth-order valence-electron chi connectivity index (χ4n) is 4.30. The number of aryl methyl sites for hydroxylation is 2. The number of methoxy groups -OCH3 is 1. The lowest BCUT2D eigenvalue weighted by Gasteiger charge is -2.17. The molecule has 3 aromatic carbocycles. The second-order valence-corrected chi connectivity index (χ2v) is 9.15. The van der Waals surface area contributed by atoms with E-state index in [1.165, 1.54) is 0 Å². The molecule has 0 unspecified atom stereocenters. The number of fused-ring (bicyclic) bond motifs is 1. The zero-order chi connectivity index (χ0) is 26.0. The van der Waals surface area contributed by atoms with Gasteiger partial charge in [0.2, 0.25) is 0 Å². The van der Waals surface area contributed by atoms with Gasteiger partial charge in [-0.15, -0.1) is 0 Å². The van der Waals surface area contributed by atoms with E-state index in [0.29, 0.717) is 16.8 Å². The number of nitrogens with zero attached hydrogens (tertiary/aromatic N) is 1. The third kappa shape index (κ3) is 5.08. The van der Waals surface area contributed by atoms with E-state index in [0.717, 1.165) is 44.6 Å². The molecular formula is C30H30N2O4. The maximum absolute atomic E-state index is 13.7. The fourth-order valence-corrected chi connectivity index (χ4v) is 4.30. The molecule has 0 aliphatic heterocycles. The molecule has 0 atom stereocenters. The number of benzene rings is 3. The number of carbonyl (C=O) groups is 2. The summed E-state index contributed by atoms with van der Waals surface area (Å²) in [6.07, 6.45) is -0.202. The first-order valence-corrected chi connectivity index (χ1v) is 11.9. The van der Waals surface area contributed by atoms with Crippen molar-refractivity contribution >= 4 is 28.5 Å². The number of pyridine rings is 1. The van der Waals surface area contributed by atoms with Crippen molar-refractivity contribution in [2.45, 2.75) is 40.7 Å². The van der Waals surface area contributed by atoms with Crippen LogP contribution in [0.15, 0.2) is 60.7 Å². The van der Waals surface area contributed by atoms with Gasteiger partial charge in [-0.3, -0.25) is 4.79 Å². The summed E-state index contributed by atoms with van der Waals surface area (Å²) in [5.41, 5.74) is 6.86. The standard InChI is InChI=1S/C30H30N2O4/c1-17(2)36-30(34)22-7-11-23(12-8-22)31-29(33)26-20(5)28(21-9-13-24(35-6)14-10-21)32-27-19(4)15-18(3)16-25(26)27/h7-17H,1-6H3,(H,31,33). The molecule has 0 bridgehead atoms. The summed E-state index contributed by atoms with van der Waals surface area (Å²) in [5, 5.41) is 3.80. The van der Waals surface area contributed by atoms with E-state index >= 15 is 0 Å². The van der Waals surface area contributed by atoms with Crippen molar-refractivity contribution in [1.82, 2.24) is 4.98 Å². The number of amides is 1. The lowest BCUT2D eigenvalue weighted by Crippen LogP contribution is -2.16. The number of anilines is 1. The van der Waals surface area contributed by atoms with Gasteiger partial charge in [0.05, 0.1) is 35.6 Å². The van der Waals surface area contributed by atoms with E-state index in [2.05, 4.69) is 11.4 Å². The Hall–Kier alpha value is -4.19. The van der Waals surface area contributed by atoms with E-state index in [-0.39, 0.29) is 12.0 Å². The fraction of sp³-hybridized carbons (Fsp3) is 0.233. The molecule has 0 aliphatic rings. The Morgan fingerprint density at radius 3 is 2.19 bits per heavy atom. The van der Waals surface area contributed by atoms with Crippen LogP contribution in [0.2, 0.25) is 0 Å². The van der Waals surface area contributed by atoms with Crippen LogP contribution in [0.5, 0.6) is 5.75 Å². The summed E-state index contributed by atoms with van der Waals surface area (Å²) in [5.74, 6) is 0.119. The van der Waals surface area contributed by atoms with Crippen molar-refractivity contribution in [3.8, 4) is 17.0 Å². The monoisotopic (exact) mass is 482 g/mol. The Balaban J connectivity index is 1.77. The van der Waals surface area contributed by atoms with E-state index < -0.39 is 5.97 Å². The number of hydrogen-bond acceptors (Lipinski definition) is 5. The van der Waals surface area contributed by atoms with Crippen LogP contribution in [0.25, 0.3) is 22.2 Å². The van der Waals surface area contributed by atoms with Gasteiger partial charge < -0.3 is 14.8 Å². The average molecular weight is 483 g/mol. The van der Waals surface area contributed by atoms with Crippen LogP contribution in [0.3, 0.4) is 0 Å². The number of rotatable bonds is 6.